The average Bonchev–Trinajstić information content (AvgIpc) is 3.73. The molecule has 6 N–H and O–H groups in total. The summed E-state index contributed by atoms with van der Waals surface area (Å²) in [6.45, 7) is 8.15. The Morgan fingerprint density at radius 3 is 1.72 bits per heavy atom. The largest absolute Gasteiger partial charge is 0.467 e. The van der Waals surface area contributed by atoms with Gasteiger partial charge < -0.3 is 45.9 Å². The maximum absolute atomic E-state index is 14.8. The van der Waals surface area contributed by atoms with Gasteiger partial charge in [0.1, 0.15) is 41.3 Å². The molecular formula is C52H74N8O9. The summed E-state index contributed by atoms with van der Waals surface area (Å²) in [7, 11) is 3.03. The highest BCUT2D eigenvalue weighted by Crippen LogP contribution is 2.29. The number of hydrogen-bond donors (Lipinski definition) is 6. The standard InChI is InChI=1S/C52H74N8O9/c1-51(2,3)69-50(67)57-41(31-38-32-60(6)33-53-38)46(63)59-52(4,5)49(66)56-40(29-35-22-14-9-15-23-35)45(62)58-43(37-26-18-11-19-27-37)47(64)54-39(28-34-20-12-8-13-21-34)44(61)55-42(48(65)68-7)30-36-24-16-10-17-25-36/h8,10,12-13,16-17,20-21,24-25,32-33,35,37,39-43H,9,11,14-15,18-19,22-23,26-31H2,1-7H3,(H,54,64)(H,55,61)(H,56,66)(H,57,67)(H,58,62)(H,59,63)/t39-,40+,41+,42+,43+/m1/s1. The van der Waals surface area contributed by atoms with E-state index in [1.54, 1.807) is 44.9 Å². The van der Waals surface area contributed by atoms with Gasteiger partial charge in [-0.3, -0.25) is 24.0 Å². The molecule has 2 saturated carbocycles. The van der Waals surface area contributed by atoms with Crippen molar-refractivity contribution < 1.29 is 43.0 Å². The number of carbonyl (C=O) groups excluding carboxylic acids is 7. The molecule has 0 spiro atoms. The minimum absolute atomic E-state index is 0.00829. The van der Waals surface area contributed by atoms with E-state index in [2.05, 4.69) is 36.9 Å². The van der Waals surface area contributed by atoms with Gasteiger partial charge in [-0.05, 0) is 76.8 Å². The SMILES string of the molecule is COC(=O)[C@H](Cc1ccccc1)NC(=O)[C@@H](Cc1ccccc1)NC(=O)[C@@H](NC(=O)[C@H](CC1CCCCC1)NC(=O)C(C)(C)NC(=O)[C@H](Cc1cn(C)cn1)NC(=O)OC(C)(C)C)C1CCCCC1. The maximum Gasteiger partial charge on any atom is 0.408 e. The van der Waals surface area contributed by atoms with Gasteiger partial charge >= 0.3 is 12.1 Å². The summed E-state index contributed by atoms with van der Waals surface area (Å²) in [5.74, 6) is -3.81. The number of benzene rings is 2. The minimum Gasteiger partial charge on any atom is -0.467 e. The molecule has 0 unspecified atom stereocenters. The summed E-state index contributed by atoms with van der Waals surface area (Å²) in [6.07, 6.45) is 11.8. The zero-order valence-electron chi connectivity index (χ0n) is 41.4. The van der Waals surface area contributed by atoms with Crippen LogP contribution in [0.25, 0.3) is 0 Å². The van der Waals surface area contributed by atoms with Gasteiger partial charge in [0.05, 0.1) is 19.1 Å². The van der Waals surface area contributed by atoms with E-state index >= 15 is 0 Å². The molecule has 0 bridgehead atoms. The molecular weight excluding hydrogens is 881 g/mol. The van der Waals surface area contributed by atoms with E-state index in [-0.39, 0.29) is 31.1 Å². The van der Waals surface area contributed by atoms with E-state index in [4.69, 9.17) is 9.47 Å². The number of hydrogen-bond acceptors (Lipinski definition) is 10. The summed E-state index contributed by atoms with van der Waals surface area (Å²) >= 11 is 0. The number of ether oxygens (including phenoxy) is 2. The van der Waals surface area contributed by atoms with Crippen molar-refractivity contribution in [3.8, 4) is 0 Å². The number of esters is 1. The van der Waals surface area contributed by atoms with Crippen molar-refractivity contribution in [3.05, 3.63) is 90.0 Å². The number of amides is 6. The number of imidazole rings is 1. The summed E-state index contributed by atoms with van der Waals surface area (Å²) in [6, 6.07) is 12.9. The van der Waals surface area contributed by atoms with Crippen LogP contribution < -0.4 is 31.9 Å². The Morgan fingerprint density at radius 1 is 0.638 bits per heavy atom. The third-order valence-electron chi connectivity index (χ3n) is 12.8. The molecule has 2 fully saturated rings. The van der Waals surface area contributed by atoms with Crippen molar-refractivity contribution in [1.82, 2.24) is 41.5 Å². The van der Waals surface area contributed by atoms with Gasteiger partial charge in [0.25, 0.3) is 0 Å². The summed E-state index contributed by atoms with van der Waals surface area (Å²) < 4.78 is 12.2. The smallest absolute Gasteiger partial charge is 0.408 e. The number of rotatable bonds is 21. The zero-order chi connectivity index (χ0) is 50.1. The van der Waals surface area contributed by atoms with Crippen molar-refractivity contribution in [3.63, 3.8) is 0 Å². The topological polar surface area (TPSA) is 228 Å². The molecule has 69 heavy (non-hydrogen) atoms. The Morgan fingerprint density at radius 2 is 1.17 bits per heavy atom. The first-order chi connectivity index (χ1) is 32.8. The van der Waals surface area contributed by atoms with Crippen molar-refractivity contribution in [2.24, 2.45) is 18.9 Å². The average molecular weight is 955 g/mol. The predicted molar refractivity (Wildman–Crippen MR) is 260 cm³/mol. The second-order valence-corrected chi connectivity index (χ2v) is 20.2. The zero-order valence-corrected chi connectivity index (χ0v) is 41.4. The van der Waals surface area contributed by atoms with Gasteiger partial charge in [-0.25, -0.2) is 14.6 Å². The van der Waals surface area contributed by atoms with E-state index in [1.807, 2.05) is 60.7 Å². The molecule has 17 nitrogen and oxygen atoms in total. The fourth-order valence-electron chi connectivity index (χ4n) is 9.12. The monoisotopic (exact) mass is 955 g/mol. The number of alkyl carbamates (subject to hydrolysis) is 1. The summed E-state index contributed by atoms with van der Waals surface area (Å²) in [5.41, 5.74) is -0.325. The number of methoxy groups -OCH3 is 1. The molecule has 376 valence electrons. The number of nitrogens with one attached hydrogen (secondary N) is 6. The lowest BCUT2D eigenvalue weighted by atomic mass is 9.82. The third-order valence-corrected chi connectivity index (χ3v) is 12.8. The van der Waals surface area contributed by atoms with Crippen LogP contribution in [-0.2, 0) is 64.6 Å². The normalized spacial score (nSPS) is 16.9. The van der Waals surface area contributed by atoms with Crippen molar-refractivity contribution in [2.45, 2.75) is 166 Å². The second-order valence-electron chi connectivity index (χ2n) is 20.2. The maximum atomic E-state index is 14.8. The third kappa shape index (κ3) is 17.3. The van der Waals surface area contributed by atoms with Gasteiger partial charge in [0.15, 0.2) is 0 Å². The van der Waals surface area contributed by atoms with Crippen molar-refractivity contribution in [1.29, 1.82) is 0 Å². The number of carbonyl (C=O) groups is 7. The molecule has 5 rings (SSSR count). The van der Waals surface area contributed by atoms with E-state index in [1.165, 1.54) is 21.0 Å². The van der Waals surface area contributed by atoms with Crippen LogP contribution in [0, 0.1) is 11.8 Å². The van der Waals surface area contributed by atoms with Gasteiger partial charge in [0, 0.05) is 32.5 Å². The molecule has 0 aliphatic heterocycles. The van der Waals surface area contributed by atoms with Crippen molar-refractivity contribution >= 4 is 41.6 Å². The van der Waals surface area contributed by atoms with Gasteiger partial charge in [0.2, 0.25) is 29.5 Å². The number of aromatic nitrogens is 2. The predicted octanol–water partition coefficient (Wildman–Crippen LogP) is 4.90. The molecule has 17 heteroatoms. The minimum atomic E-state index is -1.58. The van der Waals surface area contributed by atoms with Crippen LogP contribution in [0.1, 0.15) is 122 Å². The van der Waals surface area contributed by atoms with E-state index in [0.717, 1.165) is 62.5 Å². The Kier molecular flexibility index (Phi) is 19.7. The Labute approximate surface area is 406 Å². The molecule has 2 aliphatic carbocycles. The second kappa shape index (κ2) is 25.4. The molecule has 2 aromatic carbocycles. The number of aryl methyl sites for hydroxylation is 1. The highest BCUT2D eigenvalue weighted by atomic mass is 16.6. The van der Waals surface area contributed by atoms with Gasteiger partial charge in [-0.15, -0.1) is 0 Å². The quantitative estimate of drug-likeness (QED) is 0.0792. The number of nitrogens with zero attached hydrogens (tertiary/aromatic N) is 2. The highest BCUT2D eigenvalue weighted by molar-refractivity contribution is 5.98. The molecule has 6 amide bonds. The molecule has 5 atom stereocenters. The molecule has 3 aromatic rings. The Hall–Kier alpha value is -6.26. The van der Waals surface area contributed by atoms with Crippen LogP contribution in [0.3, 0.4) is 0 Å². The van der Waals surface area contributed by atoms with Crippen LogP contribution in [0.4, 0.5) is 4.79 Å². The molecule has 1 heterocycles. The van der Waals surface area contributed by atoms with Gasteiger partial charge in [-0.2, -0.15) is 0 Å². The lowest BCUT2D eigenvalue weighted by Crippen LogP contribution is -2.63. The fourth-order valence-corrected chi connectivity index (χ4v) is 9.12. The summed E-state index contributed by atoms with van der Waals surface area (Å²) in [5, 5.41) is 17.2. The lowest BCUT2D eigenvalue weighted by Gasteiger charge is -2.34. The van der Waals surface area contributed by atoms with E-state index < -0.39 is 82.9 Å². The van der Waals surface area contributed by atoms with Crippen LogP contribution in [0.5, 0.6) is 0 Å². The van der Waals surface area contributed by atoms with E-state index in [0.29, 0.717) is 25.0 Å². The molecule has 2 aliphatic rings. The highest BCUT2D eigenvalue weighted by Gasteiger charge is 2.40. The van der Waals surface area contributed by atoms with Crippen LogP contribution in [0.15, 0.2) is 73.2 Å². The lowest BCUT2D eigenvalue weighted by molar-refractivity contribution is -0.145. The summed E-state index contributed by atoms with van der Waals surface area (Å²) in [4.78, 5) is 102. The van der Waals surface area contributed by atoms with E-state index in [9.17, 15) is 33.6 Å². The molecule has 0 saturated heterocycles. The molecule has 0 radical (unpaired) electrons. The molecule has 1 aromatic heterocycles. The first-order valence-corrected chi connectivity index (χ1v) is 24.5. The van der Waals surface area contributed by atoms with Crippen LogP contribution in [0.2, 0.25) is 0 Å². The first kappa shape index (κ1) is 53.7. The van der Waals surface area contributed by atoms with Crippen LogP contribution >= 0.6 is 0 Å². The Bertz CT molecular complexity index is 2180. The van der Waals surface area contributed by atoms with Gasteiger partial charge in [-0.1, -0.05) is 112 Å². The van der Waals surface area contributed by atoms with Crippen LogP contribution in [-0.4, -0.2) is 99.6 Å². The first-order valence-electron chi connectivity index (χ1n) is 24.5. The Balaban J connectivity index is 1.37. The fraction of sp³-hybridized carbons (Fsp3) is 0.577. The van der Waals surface area contributed by atoms with Crippen molar-refractivity contribution in [2.75, 3.05) is 7.11 Å².